The molecule has 114 valence electrons. The van der Waals surface area contributed by atoms with Gasteiger partial charge in [-0.15, -0.1) is 0 Å². The molecular weight excluding hydrogens is 258 g/mol. The lowest BCUT2D eigenvalue weighted by atomic mass is 9.53. The Hall–Kier alpha value is -0.860. The molecule has 2 heteroatoms. The van der Waals surface area contributed by atoms with Gasteiger partial charge in [-0.3, -0.25) is 0 Å². The molecule has 0 amide bonds. The van der Waals surface area contributed by atoms with E-state index in [9.17, 15) is 5.11 Å². The van der Waals surface area contributed by atoms with Crippen molar-refractivity contribution in [2.45, 2.75) is 58.1 Å². The van der Waals surface area contributed by atoms with Crippen LogP contribution in [0.25, 0.3) is 0 Å². The van der Waals surface area contributed by atoms with E-state index in [1.165, 1.54) is 12.8 Å². The Morgan fingerprint density at radius 2 is 2.00 bits per heavy atom. The Balaban J connectivity index is 1.80. The number of rotatable bonds is 0. The van der Waals surface area contributed by atoms with Crippen LogP contribution in [-0.4, -0.2) is 17.3 Å². The van der Waals surface area contributed by atoms with Crippen molar-refractivity contribution in [2.75, 3.05) is 0 Å². The average molecular weight is 285 g/mol. The molecule has 6 atom stereocenters. The van der Waals surface area contributed by atoms with Crippen LogP contribution in [-0.2, 0) is 0 Å². The third-order valence-electron chi connectivity index (χ3n) is 7.06. The van der Waals surface area contributed by atoms with Gasteiger partial charge in [0.25, 0.3) is 0 Å². The molecule has 4 aliphatic rings. The van der Waals surface area contributed by atoms with Gasteiger partial charge in [-0.25, -0.2) is 0 Å². The van der Waals surface area contributed by atoms with E-state index in [1.807, 2.05) is 6.08 Å². The molecule has 0 radical (unpaired) electrons. The summed E-state index contributed by atoms with van der Waals surface area (Å²) in [4.78, 5) is 0. The van der Waals surface area contributed by atoms with Crippen molar-refractivity contribution in [3.63, 3.8) is 0 Å². The highest BCUT2D eigenvalue weighted by atomic mass is 16.3. The third kappa shape index (κ3) is 1.72. The fourth-order valence-electron chi connectivity index (χ4n) is 5.53. The Bertz CT molecular complexity index is 560. The van der Waals surface area contributed by atoms with Gasteiger partial charge in [0.2, 0.25) is 0 Å². The van der Waals surface area contributed by atoms with Crippen LogP contribution in [0.2, 0.25) is 0 Å². The van der Waals surface area contributed by atoms with E-state index in [0.717, 1.165) is 19.3 Å². The zero-order valence-corrected chi connectivity index (χ0v) is 13.2. The van der Waals surface area contributed by atoms with E-state index in [1.54, 1.807) is 11.1 Å². The number of nitrogens with two attached hydrogens (primary N) is 1. The Morgan fingerprint density at radius 1 is 1.19 bits per heavy atom. The van der Waals surface area contributed by atoms with Gasteiger partial charge in [0.15, 0.2) is 0 Å². The fraction of sp³-hybridized carbons (Fsp3) is 0.684. The van der Waals surface area contributed by atoms with Gasteiger partial charge < -0.3 is 10.8 Å². The number of hydrogen-bond donors (Lipinski definition) is 2. The van der Waals surface area contributed by atoms with Gasteiger partial charge in [0, 0.05) is 22.8 Å². The predicted octanol–water partition coefficient (Wildman–Crippen LogP) is 3.33. The minimum absolute atomic E-state index is 0.0385. The van der Waals surface area contributed by atoms with Crippen LogP contribution in [0.5, 0.6) is 0 Å². The summed E-state index contributed by atoms with van der Waals surface area (Å²) in [6, 6.07) is 0.243. The van der Waals surface area contributed by atoms with Crippen LogP contribution in [0.3, 0.4) is 0 Å². The summed E-state index contributed by atoms with van der Waals surface area (Å²) in [6.07, 6.45) is 14.5. The molecule has 4 aliphatic carbocycles. The van der Waals surface area contributed by atoms with Crippen molar-refractivity contribution < 1.29 is 5.11 Å². The van der Waals surface area contributed by atoms with Gasteiger partial charge >= 0.3 is 0 Å². The number of hydrogen-bond acceptors (Lipinski definition) is 2. The van der Waals surface area contributed by atoms with Crippen molar-refractivity contribution in [2.24, 2.45) is 28.4 Å². The summed E-state index contributed by atoms with van der Waals surface area (Å²) in [5.41, 5.74) is 9.70. The van der Waals surface area contributed by atoms with Crippen molar-refractivity contribution in [1.82, 2.24) is 0 Å². The number of fused-ring (bicyclic) bond motifs is 4. The highest BCUT2D eigenvalue weighted by molar-refractivity contribution is 5.41. The predicted molar refractivity (Wildman–Crippen MR) is 85.6 cm³/mol. The molecule has 0 aliphatic heterocycles. The monoisotopic (exact) mass is 285 g/mol. The maximum atomic E-state index is 10.4. The summed E-state index contributed by atoms with van der Waals surface area (Å²) < 4.78 is 0. The molecule has 0 unspecified atom stereocenters. The van der Waals surface area contributed by atoms with Crippen LogP contribution < -0.4 is 5.73 Å². The molecule has 0 bridgehead atoms. The van der Waals surface area contributed by atoms with E-state index < -0.39 is 0 Å². The Morgan fingerprint density at radius 3 is 2.81 bits per heavy atom. The summed E-state index contributed by atoms with van der Waals surface area (Å²) in [6.45, 7) is 4.69. The van der Waals surface area contributed by atoms with Crippen LogP contribution in [0, 0.1) is 22.7 Å². The van der Waals surface area contributed by atoms with Crippen molar-refractivity contribution in [1.29, 1.82) is 0 Å². The minimum atomic E-state index is -0.266. The lowest BCUT2D eigenvalue weighted by Gasteiger charge is -2.52. The molecule has 0 saturated carbocycles. The maximum Gasteiger partial charge on any atom is 0.0783 e. The first-order valence-corrected chi connectivity index (χ1v) is 8.49. The molecule has 0 spiro atoms. The fourth-order valence-corrected chi connectivity index (χ4v) is 5.53. The second kappa shape index (κ2) is 4.33. The Labute approximate surface area is 127 Å². The van der Waals surface area contributed by atoms with Gasteiger partial charge in [-0.05, 0) is 38.0 Å². The van der Waals surface area contributed by atoms with Crippen LogP contribution in [0.1, 0.15) is 46.0 Å². The van der Waals surface area contributed by atoms with Crippen molar-refractivity contribution >= 4 is 0 Å². The molecule has 0 aromatic heterocycles. The topological polar surface area (TPSA) is 46.2 Å². The number of allylic oxidation sites excluding steroid dienone is 4. The molecule has 3 N–H and O–H groups in total. The zero-order chi connectivity index (χ0) is 14.8. The molecule has 0 fully saturated rings. The van der Waals surface area contributed by atoms with E-state index >= 15 is 0 Å². The quantitative estimate of drug-likeness (QED) is 0.671. The average Bonchev–Trinajstić information content (AvgIpc) is 2.76. The zero-order valence-electron chi connectivity index (χ0n) is 13.2. The molecule has 0 heterocycles. The molecule has 0 aromatic rings. The summed E-state index contributed by atoms with van der Waals surface area (Å²) in [5, 5.41) is 10.4. The molecule has 0 aromatic carbocycles. The van der Waals surface area contributed by atoms with Crippen LogP contribution >= 0.6 is 0 Å². The van der Waals surface area contributed by atoms with E-state index in [0.29, 0.717) is 11.8 Å². The minimum Gasteiger partial charge on any atom is -0.388 e. The first-order valence-electron chi connectivity index (χ1n) is 8.49. The smallest absolute Gasteiger partial charge is 0.0783 e. The van der Waals surface area contributed by atoms with Gasteiger partial charge in [0.05, 0.1) is 6.10 Å². The van der Waals surface area contributed by atoms with E-state index in [4.69, 9.17) is 5.73 Å². The van der Waals surface area contributed by atoms with Crippen LogP contribution in [0.4, 0.5) is 0 Å². The second-order valence-electron chi connectivity index (χ2n) is 8.09. The molecule has 2 nitrogen and oxygen atoms in total. The largest absolute Gasteiger partial charge is 0.388 e. The third-order valence-corrected chi connectivity index (χ3v) is 7.06. The highest BCUT2D eigenvalue weighted by Crippen LogP contribution is 2.60. The maximum absolute atomic E-state index is 10.4. The van der Waals surface area contributed by atoms with Gasteiger partial charge in [0.1, 0.15) is 0 Å². The normalized spacial score (nSPS) is 51.6. The number of aliphatic hydroxyl groups excluding tert-OH is 1. The van der Waals surface area contributed by atoms with Crippen molar-refractivity contribution in [3.05, 3.63) is 35.5 Å². The van der Waals surface area contributed by atoms with E-state index in [2.05, 4.69) is 32.1 Å². The molecular formula is C19H27NO. The van der Waals surface area contributed by atoms with Crippen LogP contribution in [0.15, 0.2) is 35.5 Å². The first-order chi connectivity index (χ1) is 9.95. The summed E-state index contributed by atoms with van der Waals surface area (Å²) in [5.74, 6) is 1.16. The number of aliphatic hydroxyl groups is 1. The standard InChI is InChI=1S/C19H27NO/c1-18-9-7-13(20)11-12(18)3-4-14-15-5-6-17(21)19(15,2)10-8-16(14)18/h5-7,9,12-13,15,17,21H,3-4,8,10-11,20H2,1-2H3/t12-,13+,15+,17+,18+,19+/m1/s1. The summed E-state index contributed by atoms with van der Waals surface area (Å²) >= 11 is 0. The molecule has 0 saturated heterocycles. The second-order valence-corrected chi connectivity index (χ2v) is 8.09. The molecule has 21 heavy (non-hydrogen) atoms. The SMILES string of the molecule is C[C@]12CCC3=C(CC[C@@H]4C[C@@H](N)C=C[C@]34C)[C@@H]1C=C[C@@H]2O. The molecule has 4 rings (SSSR count). The lowest BCUT2D eigenvalue weighted by Crippen LogP contribution is -2.45. The Kier molecular flexibility index (Phi) is 2.84. The van der Waals surface area contributed by atoms with Gasteiger partial charge in [-0.1, -0.05) is 49.3 Å². The van der Waals surface area contributed by atoms with Gasteiger partial charge in [-0.2, -0.15) is 0 Å². The lowest BCUT2D eigenvalue weighted by molar-refractivity contribution is 0.0446. The summed E-state index contributed by atoms with van der Waals surface area (Å²) in [7, 11) is 0. The first kappa shape index (κ1) is 13.8. The van der Waals surface area contributed by atoms with E-state index in [-0.39, 0.29) is 23.0 Å². The highest BCUT2D eigenvalue weighted by Gasteiger charge is 2.52. The van der Waals surface area contributed by atoms with Crippen molar-refractivity contribution in [3.8, 4) is 0 Å².